The summed E-state index contributed by atoms with van der Waals surface area (Å²) in [5.41, 5.74) is 0.986. The van der Waals surface area contributed by atoms with Gasteiger partial charge in [0.05, 0.1) is 4.47 Å². The van der Waals surface area contributed by atoms with E-state index in [9.17, 15) is 4.39 Å². The molecule has 0 aliphatic carbocycles. The zero-order valence-electron chi connectivity index (χ0n) is 11.5. The Morgan fingerprint density at radius 1 is 1.05 bits per heavy atom. The molecule has 1 aromatic carbocycles. The maximum Gasteiger partial charge on any atom is 0.225 e. The van der Waals surface area contributed by atoms with Gasteiger partial charge in [-0.3, -0.25) is 4.90 Å². The number of anilines is 1. The summed E-state index contributed by atoms with van der Waals surface area (Å²) in [6.07, 6.45) is 3.52. The Kier molecular flexibility index (Phi) is 4.45. The van der Waals surface area contributed by atoms with Gasteiger partial charge in [0.15, 0.2) is 0 Å². The SMILES string of the molecule is Fc1cccc(CN2CCN(c3ncccn3)CC2)c1Br. The largest absolute Gasteiger partial charge is 0.338 e. The van der Waals surface area contributed by atoms with Gasteiger partial charge in [0.2, 0.25) is 5.95 Å². The Morgan fingerprint density at radius 2 is 1.76 bits per heavy atom. The molecule has 21 heavy (non-hydrogen) atoms. The van der Waals surface area contributed by atoms with E-state index in [1.807, 2.05) is 12.1 Å². The number of benzene rings is 1. The minimum atomic E-state index is -0.205. The first-order valence-electron chi connectivity index (χ1n) is 6.91. The van der Waals surface area contributed by atoms with Crippen LogP contribution in [0.15, 0.2) is 41.1 Å². The third-order valence-electron chi connectivity index (χ3n) is 3.63. The molecule has 1 fully saturated rings. The summed E-state index contributed by atoms with van der Waals surface area (Å²) in [4.78, 5) is 13.0. The topological polar surface area (TPSA) is 32.3 Å². The second-order valence-electron chi connectivity index (χ2n) is 5.02. The lowest BCUT2D eigenvalue weighted by Gasteiger charge is -2.34. The van der Waals surface area contributed by atoms with Crippen molar-refractivity contribution in [2.45, 2.75) is 6.54 Å². The van der Waals surface area contributed by atoms with Gasteiger partial charge in [-0.25, -0.2) is 14.4 Å². The highest BCUT2D eigenvalue weighted by Crippen LogP contribution is 2.22. The van der Waals surface area contributed by atoms with Crippen LogP contribution in [0.5, 0.6) is 0 Å². The van der Waals surface area contributed by atoms with Gasteiger partial charge in [0.1, 0.15) is 5.82 Å². The summed E-state index contributed by atoms with van der Waals surface area (Å²) in [6.45, 7) is 4.36. The van der Waals surface area contributed by atoms with Gasteiger partial charge >= 0.3 is 0 Å². The van der Waals surface area contributed by atoms with Crippen molar-refractivity contribution < 1.29 is 4.39 Å². The first-order valence-corrected chi connectivity index (χ1v) is 7.70. The molecular weight excluding hydrogens is 335 g/mol. The van der Waals surface area contributed by atoms with Gasteiger partial charge in [0.25, 0.3) is 0 Å². The van der Waals surface area contributed by atoms with Crippen LogP contribution in [0.2, 0.25) is 0 Å². The molecule has 2 aromatic rings. The van der Waals surface area contributed by atoms with E-state index in [1.165, 1.54) is 6.07 Å². The average molecular weight is 351 g/mol. The smallest absolute Gasteiger partial charge is 0.225 e. The molecule has 110 valence electrons. The number of hydrogen-bond acceptors (Lipinski definition) is 4. The van der Waals surface area contributed by atoms with Crippen LogP contribution in [-0.2, 0) is 6.54 Å². The van der Waals surface area contributed by atoms with Gasteiger partial charge in [0, 0.05) is 45.1 Å². The van der Waals surface area contributed by atoms with Crippen molar-refractivity contribution in [1.82, 2.24) is 14.9 Å². The lowest BCUT2D eigenvalue weighted by molar-refractivity contribution is 0.248. The minimum Gasteiger partial charge on any atom is -0.338 e. The Hall–Kier alpha value is -1.53. The first kappa shape index (κ1) is 14.4. The van der Waals surface area contributed by atoms with Crippen molar-refractivity contribution in [3.05, 3.63) is 52.5 Å². The van der Waals surface area contributed by atoms with Crippen LogP contribution < -0.4 is 4.90 Å². The summed E-state index contributed by atoms with van der Waals surface area (Å²) in [7, 11) is 0. The second kappa shape index (κ2) is 6.49. The molecule has 1 saturated heterocycles. The zero-order chi connectivity index (χ0) is 14.7. The lowest BCUT2D eigenvalue weighted by atomic mass is 10.2. The number of halogens is 2. The number of rotatable bonds is 3. The molecule has 0 N–H and O–H groups in total. The van der Waals surface area contributed by atoms with Gasteiger partial charge in [-0.2, -0.15) is 0 Å². The Morgan fingerprint density at radius 3 is 2.48 bits per heavy atom. The van der Waals surface area contributed by atoms with E-state index in [0.717, 1.165) is 44.2 Å². The first-order chi connectivity index (χ1) is 10.2. The molecule has 4 nitrogen and oxygen atoms in total. The number of piperazine rings is 1. The fourth-order valence-electron chi connectivity index (χ4n) is 2.47. The van der Waals surface area contributed by atoms with Crippen LogP contribution in [0.4, 0.5) is 10.3 Å². The molecule has 3 rings (SSSR count). The van der Waals surface area contributed by atoms with Crippen LogP contribution in [0.3, 0.4) is 0 Å². The molecule has 0 unspecified atom stereocenters. The van der Waals surface area contributed by atoms with E-state index in [0.29, 0.717) is 4.47 Å². The molecule has 0 radical (unpaired) electrons. The molecule has 1 aliphatic heterocycles. The highest BCUT2D eigenvalue weighted by atomic mass is 79.9. The normalized spacial score (nSPS) is 16.2. The second-order valence-corrected chi connectivity index (χ2v) is 5.82. The molecule has 0 spiro atoms. The highest BCUT2D eigenvalue weighted by Gasteiger charge is 2.19. The van der Waals surface area contributed by atoms with Crippen LogP contribution in [0.1, 0.15) is 5.56 Å². The zero-order valence-corrected chi connectivity index (χ0v) is 13.1. The van der Waals surface area contributed by atoms with Gasteiger partial charge < -0.3 is 4.90 Å². The summed E-state index contributed by atoms with van der Waals surface area (Å²) >= 11 is 3.32. The van der Waals surface area contributed by atoms with Gasteiger partial charge in [-0.15, -0.1) is 0 Å². The van der Waals surface area contributed by atoms with E-state index in [1.54, 1.807) is 18.5 Å². The molecule has 0 atom stereocenters. The summed E-state index contributed by atoms with van der Waals surface area (Å²) in [6, 6.07) is 7.00. The Balaban J connectivity index is 1.60. The van der Waals surface area contributed by atoms with Crippen LogP contribution in [0.25, 0.3) is 0 Å². The van der Waals surface area contributed by atoms with Crippen LogP contribution in [0, 0.1) is 5.82 Å². The molecule has 1 aromatic heterocycles. The molecule has 0 amide bonds. The van der Waals surface area contributed by atoms with Gasteiger partial charge in [-0.05, 0) is 33.6 Å². The fraction of sp³-hybridized carbons (Fsp3) is 0.333. The molecule has 0 saturated carbocycles. The summed E-state index contributed by atoms with van der Waals surface area (Å²) < 4.78 is 14.1. The maximum atomic E-state index is 13.5. The average Bonchev–Trinajstić information content (AvgIpc) is 2.53. The Bertz CT molecular complexity index is 600. The highest BCUT2D eigenvalue weighted by molar-refractivity contribution is 9.10. The number of hydrogen-bond donors (Lipinski definition) is 0. The van der Waals surface area contributed by atoms with Crippen molar-refractivity contribution in [1.29, 1.82) is 0 Å². The van der Waals surface area contributed by atoms with Crippen molar-refractivity contribution in [3.8, 4) is 0 Å². The standard InChI is InChI=1S/C15H16BrFN4/c16-14-12(3-1-4-13(14)17)11-20-7-9-21(10-8-20)15-18-5-2-6-19-15/h1-6H,7-11H2. The molecule has 1 aliphatic rings. The van der Waals surface area contributed by atoms with Gasteiger partial charge in [-0.1, -0.05) is 12.1 Å². The third kappa shape index (κ3) is 3.39. The van der Waals surface area contributed by atoms with Crippen LogP contribution >= 0.6 is 15.9 Å². The van der Waals surface area contributed by atoms with E-state index < -0.39 is 0 Å². The van der Waals surface area contributed by atoms with E-state index >= 15 is 0 Å². The third-order valence-corrected chi connectivity index (χ3v) is 4.52. The van der Waals surface area contributed by atoms with E-state index in [-0.39, 0.29) is 5.82 Å². The van der Waals surface area contributed by atoms with Crippen molar-refractivity contribution in [2.24, 2.45) is 0 Å². The molecule has 0 bridgehead atoms. The quantitative estimate of drug-likeness (QED) is 0.851. The predicted molar refractivity (Wildman–Crippen MR) is 83.6 cm³/mol. The summed E-state index contributed by atoms with van der Waals surface area (Å²) in [5, 5.41) is 0. The van der Waals surface area contributed by atoms with Crippen molar-refractivity contribution in [2.75, 3.05) is 31.1 Å². The predicted octanol–water partition coefficient (Wildman–Crippen LogP) is 2.70. The maximum absolute atomic E-state index is 13.5. The van der Waals surface area contributed by atoms with Crippen LogP contribution in [-0.4, -0.2) is 41.0 Å². The monoisotopic (exact) mass is 350 g/mol. The summed E-state index contributed by atoms with van der Waals surface area (Å²) in [5.74, 6) is 0.577. The van der Waals surface area contributed by atoms with Crippen molar-refractivity contribution in [3.63, 3.8) is 0 Å². The molecular formula is C15H16BrFN4. The van der Waals surface area contributed by atoms with E-state index in [4.69, 9.17) is 0 Å². The molecule has 2 heterocycles. The fourth-order valence-corrected chi connectivity index (χ4v) is 2.86. The molecule has 6 heteroatoms. The van der Waals surface area contributed by atoms with E-state index in [2.05, 4.69) is 35.7 Å². The number of nitrogens with zero attached hydrogens (tertiary/aromatic N) is 4. The van der Waals surface area contributed by atoms with Crippen molar-refractivity contribution >= 4 is 21.9 Å². The number of aromatic nitrogens is 2. The Labute approximate surface area is 131 Å². The lowest BCUT2D eigenvalue weighted by Crippen LogP contribution is -2.46. The minimum absolute atomic E-state index is 0.205.